The van der Waals surface area contributed by atoms with E-state index in [1.54, 1.807) is 4.68 Å². The number of halogens is 1. The molecule has 2 N–H and O–H groups in total. The summed E-state index contributed by atoms with van der Waals surface area (Å²) in [4.78, 5) is 3.90. The molecule has 0 spiro atoms. The van der Waals surface area contributed by atoms with Gasteiger partial charge in [0.1, 0.15) is 6.04 Å². The van der Waals surface area contributed by atoms with Gasteiger partial charge in [0.25, 0.3) is 0 Å². The van der Waals surface area contributed by atoms with Crippen molar-refractivity contribution in [3.05, 3.63) is 4.73 Å². The van der Waals surface area contributed by atoms with E-state index in [0.717, 1.165) is 0 Å². The highest BCUT2D eigenvalue weighted by Crippen LogP contribution is 2.20. The number of nitrogen functional groups attached to an aromatic ring is 1. The minimum absolute atomic E-state index is 0.295. The molecule has 0 atom stereocenters. The molecular formula is C5H7BrN4O. The molecule has 0 aromatic carbocycles. The highest BCUT2D eigenvalue weighted by Gasteiger charge is 2.23. The smallest absolute Gasteiger partial charge is 0.240 e. The maximum atomic E-state index is 5.38. The van der Waals surface area contributed by atoms with Gasteiger partial charge in [-0.2, -0.15) is 4.98 Å². The third kappa shape index (κ3) is 1.12. The second-order valence-corrected chi connectivity index (χ2v) is 3.08. The summed E-state index contributed by atoms with van der Waals surface area (Å²) in [6.07, 6.45) is 0. The van der Waals surface area contributed by atoms with Crippen molar-refractivity contribution < 1.29 is 4.74 Å². The van der Waals surface area contributed by atoms with E-state index >= 15 is 0 Å². The summed E-state index contributed by atoms with van der Waals surface area (Å²) in [5.74, 6) is 0.295. The van der Waals surface area contributed by atoms with Crippen molar-refractivity contribution in [3.63, 3.8) is 0 Å². The van der Waals surface area contributed by atoms with Crippen LogP contribution in [0.1, 0.15) is 6.04 Å². The summed E-state index contributed by atoms with van der Waals surface area (Å²) in [6, 6.07) is 0.300. The van der Waals surface area contributed by atoms with E-state index in [4.69, 9.17) is 10.5 Å². The fourth-order valence-corrected chi connectivity index (χ4v) is 1.47. The van der Waals surface area contributed by atoms with Crippen LogP contribution in [-0.4, -0.2) is 28.0 Å². The Labute approximate surface area is 71.7 Å². The lowest BCUT2D eigenvalue weighted by Crippen LogP contribution is -2.31. The van der Waals surface area contributed by atoms with Crippen LogP contribution >= 0.6 is 15.9 Å². The first kappa shape index (κ1) is 7.05. The van der Waals surface area contributed by atoms with Crippen molar-refractivity contribution in [1.82, 2.24) is 14.8 Å². The predicted octanol–water partition coefficient (Wildman–Crippen LogP) is 0.194. The van der Waals surface area contributed by atoms with Crippen molar-refractivity contribution in [2.45, 2.75) is 6.04 Å². The third-order valence-corrected chi connectivity index (χ3v) is 2.11. The molecule has 2 rings (SSSR count). The van der Waals surface area contributed by atoms with E-state index in [1.165, 1.54) is 0 Å². The van der Waals surface area contributed by atoms with Gasteiger partial charge in [0.15, 0.2) is 4.73 Å². The molecule has 1 saturated heterocycles. The van der Waals surface area contributed by atoms with Crippen LogP contribution in [0, 0.1) is 0 Å². The van der Waals surface area contributed by atoms with Crippen LogP contribution in [0.15, 0.2) is 4.73 Å². The molecule has 0 saturated carbocycles. The molecule has 1 fully saturated rings. The van der Waals surface area contributed by atoms with E-state index in [2.05, 4.69) is 26.0 Å². The molecule has 5 nitrogen and oxygen atoms in total. The Morgan fingerprint density at radius 3 is 2.73 bits per heavy atom. The molecule has 1 aromatic rings. The highest BCUT2D eigenvalue weighted by atomic mass is 79.9. The minimum atomic E-state index is 0.295. The molecule has 1 aromatic heterocycles. The third-order valence-electron chi connectivity index (χ3n) is 1.57. The van der Waals surface area contributed by atoms with Crippen molar-refractivity contribution >= 4 is 21.9 Å². The number of anilines is 1. The summed E-state index contributed by atoms with van der Waals surface area (Å²) >= 11 is 3.25. The molecule has 60 valence electrons. The van der Waals surface area contributed by atoms with Crippen molar-refractivity contribution in [2.75, 3.05) is 18.9 Å². The number of hydrogen-bond donors (Lipinski definition) is 1. The molecule has 11 heavy (non-hydrogen) atoms. The van der Waals surface area contributed by atoms with Crippen LogP contribution < -0.4 is 5.73 Å². The summed E-state index contributed by atoms with van der Waals surface area (Å²) in [5, 5.41) is 3.99. The van der Waals surface area contributed by atoms with Crippen LogP contribution in [0.25, 0.3) is 0 Å². The van der Waals surface area contributed by atoms with Gasteiger partial charge in [0.05, 0.1) is 13.2 Å². The van der Waals surface area contributed by atoms with Gasteiger partial charge in [-0.25, -0.2) is 4.68 Å². The lowest BCUT2D eigenvalue weighted by Gasteiger charge is -2.25. The summed E-state index contributed by atoms with van der Waals surface area (Å²) in [5.41, 5.74) is 5.38. The van der Waals surface area contributed by atoms with Gasteiger partial charge in [-0.3, -0.25) is 0 Å². The monoisotopic (exact) mass is 218 g/mol. The summed E-state index contributed by atoms with van der Waals surface area (Å²) in [6.45, 7) is 1.39. The standard InChI is InChI=1S/C5H7BrN4O/c6-4-8-5(7)9-10(4)3-1-11-2-3/h3H,1-2H2,(H2,7,9). The number of nitrogens with two attached hydrogens (primary N) is 1. The van der Waals surface area contributed by atoms with Crippen LogP contribution in [0.3, 0.4) is 0 Å². The SMILES string of the molecule is Nc1nc(Br)n(C2COC2)n1. The Balaban J connectivity index is 2.28. The van der Waals surface area contributed by atoms with Crippen LogP contribution in [0.5, 0.6) is 0 Å². The Morgan fingerprint density at radius 1 is 1.64 bits per heavy atom. The van der Waals surface area contributed by atoms with Gasteiger partial charge in [-0.15, -0.1) is 5.10 Å². The lowest BCUT2D eigenvalue weighted by molar-refractivity contribution is -0.0297. The number of hydrogen-bond acceptors (Lipinski definition) is 4. The Bertz CT molecular complexity index is 269. The highest BCUT2D eigenvalue weighted by molar-refractivity contribution is 9.10. The quantitative estimate of drug-likeness (QED) is 0.732. The van der Waals surface area contributed by atoms with Gasteiger partial charge in [0.2, 0.25) is 5.95 Å². The second-order valence-electron chi connectivity index (χ2n) is 2.37. The van der Waals surface area contributed by atoms with E-state index in [-0.39, 0.29) is 0 Å². The summed E-state index contributed by atoms with van der Waals surface area (Å²) < 4.78 is 7.41. The largest absolute Gasteiger partial charge is 0.377 e. The number of ether oxygens (including phenoxy) is 1. The van der Waals surface area contributed by atoms with Crippen LogP contribution in [0.4, 0.5) is 5.95 Å². The molecule has 0 unspecified atom stereocenters. The fourth-order valence-electron chi connectivity index (χ4n) is 0.917. The molecule has 0 amide bonds. The predicted molar refractivity (Wildman–Crippen MR) is 42.0 cm³/mol. The molecule has 6 heteroatoms. The second kappa shape index (κ2) is 2.46. The molecule has 0 aliphatic carbocycles. The van der Waals surface area contributed by atoms with Crippen molar-refractivity contribution in [1.29, 1.82) is 0 Å². The average Bonchev–Trinajstić information content (AvgIpc) is 2.07. The fraction of sp³-hybridized carbons (Fsp3) is 0.600. The maximum absolute atomic E-state index is 5.38. The van der Waals surface area contributed by atoms with E-state index in [0.29, 0.717) is 29.9 Å². The van der Waals surface area contributed by atoms with Gasteiger partial charge < -0.3 is 10.5 Å². The average molecular weight is 219 g/mol. The zero-order valence-electron chi connectivity index (χ0n) is 5.70. The number of nitrogens with zero attached hydrogens (tertiary/aromatic N) is 3. The van der Waals surface area contributed by atoms with E-state index < -0.39 is 0 Å². The zero-order chi connectivity index (χ0) is 7.84. The molecule has 1 aliphatic heterocycles. The van der Waals surface area contributed by atoms with Gasteiger partial charge in [0, 0.05) is 0 Å². The minimum Gasteiger partial charge on any atom is -0.377 e. The van der Waals surface area contributed by atoms with Crippen LogP contribution in [-0.2, 0) is 4.74 Å². The zero-order valence-corrected chi connectivity index (χ0v) is 7.28. The number of aromatic nitrogens is 3. The first-order valence-corrected chi connectivity index (χ1v) is 4.02. The first-order chi connectivity index (χ1) is 5.27. The van der Waals surface area contributed by atoms with Gasteiger partial charge in [-0.1, -0.05) is 0 Å². The van der Waals surface area contributed by atoms with E-state index in [1.807, 2.05) is 0 Å². The summed E-state index contributed by atoms with van der Waals surface area (Å²) in [7, 11) is 0. The molecule has 2 heterocycles. The van der Waals surface area contributed by atoms with Crippen molar-refractivity contribution in [2.24, 2.45) is 0 Å². The maximum Gasteiger partial charge on any atom is 0.240 e. The van der Waals surface area contributed by atoms with E-state index in [9.17, 15) is 0 Å². The Hall–Kier alpha value is -0.620. The lowest BCUT2D eigenvalue weighted by atomic mass is 10.3. The Kier molecular flexibility index (Phi) is 1.57. The molecular weight excluding hydrogens is 212 g/mol. The van der Waals surface area contributed by atoms with Gasteiger partial charge >= 0.3 is 0 Å². The Morgan fingerprint density at radius 2 is 2.36 bits per heavy atom. The first-order valence-electron chi connectivity index (χ1n) is 3.22. The molecule has 0 bridgehead atoms. The topological polar surface area (TPSA) is 66.0 Å². The number of rotatable bonds is 1. The molecule has 0 radical (unpaired) electrons. The van der Waals surface area contributed by atoms with Gasteiger partial charge in [-0.05, 0) is 15.9 Å². The normalized spacial score (nSPS) is 18.3. The van der Waals surface area contributed by atoms with Crippen LogP contribution in [0.2, 0.25) is 0 Å². The van der Waals surface area contributed by atoms with Crippen molar-refractivity contribution in [3.8, 4) is 0 Å². The molecule has 1 aliphatic rings.